The minimum Gasteiger partial charge on any atom is -0.472 e. The number of para-hydroxylation sites is 1. The summed E-state index contributed by atoms with van der Waals surface area (Å²) in [6, 6.07) is 15.4. The number of carbonyl (C=O) groups is 1. The van der Waals surface area contributed by atoms with Crippen LogP contribution in [0, 0.1) is 0 Å². The lowest BCUT2D eigenvalue weighted by Crippen LogP contribution is -2.35. The molecule has 2 bridgehead atoms. The summed E-state index contributed by atoms with van der Waals surface area (Å²) >= 11 is 0. The first-order chi connectivity index (χ1) is 16.7. The Morgan fingerprint density at radius 1 is 1.00 bits per heavy atom. The molecule has 1 amide bonds. The molecule has 1 aromatic heterocycles. The lowest BCUT2D eigenvalue weighted by atomic mass is 9.83. The maximum Gasteiger partial charge on any atom is 0.253 e. The average molecular weight is 455 g/mol. The predicted molar refractivity (Wildman–Crippen MR) is 133 cm³/mol. The zero-order valence-electron chi connectivity index (χ0n) is 19.8. The number of amides is 1. The van der Waals surface area contributed by atoms with E-state index in [9.17, 15) is 4.79 Å². The first-order valence-corrected chi connectivity index (χ1v) is 12.4. The molecule has 4 heterocycles. The van der Waals surface area contributed by atoms with Crippen molar-refractivity contribution in [2.75, 3.05) is 13.1 Å². The van der Waals surface area contributed by atoms with E-state index in [1.165, 1.54) is 24.0 Å². The highest BCUT2D eigenvalue weighted by molar-refractivity contribution is 5.98. The highest BCUT2D eigenvalue weighted by Crippen LogP contribution is 2.51. The molecule has 3 aliphatic heterocycles. The molecule has 5 nitrogen and oxygen atoms in total. The summed E-state index contributed by atoms with van der Waals surface area (Å²) in [5, 5.41) is 3.76. The third-order valence-corrected chi connectivity index (χ3v) is 7.55. The summed E-state index contributed by atoms with van der Waals surface area (Å²) in [6.07, 6.45) is 8.04. The summed E-state index contributed by atoms with van der Waals surface area (Å²) < 4.78 is 12.0. The van der Waals surface area contributed by atoms with Gasteiger partial charge in [-0.2, -0.15) is 0 Å². The summed E-state index contributed by atoms with van der Waals surface area (Å²) in [4.78, 5) is 15.0. The van der Waals surface area contributed by atoms with Gasteiger partial charge in [0.15, 0.2) is 0 Å². The van der Waals surface area contributed by atoms with Crippen molar-refractivity contribution in [1.29, 1.82) is 0 Å². The largest absolute Gasteiger partial charge is 0.472 e. The molecular weight excluding hydrogens is 424 g/mol. The van der Waals surface area contributed by atoms with Gasteiger partial charge in [-0.15, -0.1) is 0 Å². The number of fused-ring (bicyclic) bond motifs is 4. The van der Waals surface area contributed by atoms with E-state index in [0.29, 0.717) is 30.7 Å². The molecule has 0 spiro atoms. The molecule has 2 atom stereocenters. The molecule has 3 aliphatic rings. The van der Waals surface area contributed by atoms with Crippen LogP contribution in [0.3, 0.4) is 0 Å². The number of carbonyl (C=O) groups excluding carboxylic acids is 1. The Bertz CT molecular complexity index is 1260. The minimum absolute atomic E-state index is 0.0411. The molecule has 174 valence electrons. The highest BCUT2D eigenvalue weighted by atomic mass is 16.5. The van der Waals surface area contributed by atoms with Gasteiger partial charge in [0.2, 0.25) is 0 Å². The Kier molecular flexibility index (Phi) is 5.30. The maximum atomic E-state index is 13.1. The second kappa shape index (κ2) is 8.48. The van der Waals surface area contributed by atoms with Crippen LogP contribution < -0.4 is 10.1 Å². The molecule has 2 saturated heterocycles. The van der Waals surface area contributed by atoms with E-state index >= 15 is 0 Å². The molecule has 0 radical (unpaired) electrons. The third-order valence-electron chi connectivity index (χ3n) is 7.55. The minimum atomic E-state index is 0.0411. The fourth-order valence-corrected chi connectivity index (χ4v) is 5.87. The second-order valence-corrected chi connectivity index (χ2v) is 9.51. The molecule has 2 unspecified atom stereocenters. The molecule has 0 aliphatic carbocycles. The van der Waals surface area contributed by atoms with Gasteiger partial charge in [0.25, 0.3) is 5.91 Å². The summed E-state index contributed by atoms with van der Waals surface area (Å²) in [6.45, 7) is 5.40. The van der Waals surface area contributed by atoms with Gasteiger partial charge in [-0.25, -0.2) is 0 Å². The van der Waals surface area contributed by atoms with Gasteiger partial charge < -0.3 is 19.4 Å². The summed E-state index contributed by atoms with van der Waals surface area (Å²) in [5.41, 5.74) is 7.65. The normalized spacial score (nSPS) is 20.5. The molecule has 0 saturated carbocycles. The van der Waals surface area contributed by atoms with Gasteiger partial charge in [-0.05, 0) is 69.4 Å². The van der Waals surface area contributed by atoms with Gasteiger partial charge in [-0.1, -0.05) is 23.8 Å². The molecule has 2 aromatic carbocycles. The Balaban J connectivity index is 1.53. The molecule has 1 N–H and O–H groups in total. The zero-order chi connectivity index (χ0) is 23.2. The van der Waals surface area contributed by atoms with Crippen LogP contribution in [0.25, 0.3) is 16.7 Å². The number of rotatable bonds is 4. The summed E-state index contributed by atoms with van der Waals surface area (Å²) in [5.74, 6) is 1.64. The Morgan fingerprint density at radius 2 is 1.76 bits per heavy atom. The van der Waals surface area contributed by atoms with Crippen molar-refractivity contribution in [3.8, 4) is 22.6 Å². The van der Waals surface area contributed by atoms with Gasteiger partial charge >= 0.3 is 0 Å². The summed E-state index contributed by atoms with van der Waals surface area (Å²) in [7, 11) is 0. The van der Waals surface area contributed by atoms with Crippen molar-refractivity contribution in [3.05, 3.63) is 77.3 Å². The smallest absolute Gasteiger partial charge is 0.253 e. The van der Waals surface area contributed by atoms with E-state index < -0.39 is 0 Å². The number of nitrogens with one attached hydrogen (secondary N) is 1. The van der Waals surface area contributed by atoms with Crippen molar-refractivity contribution in [2.45, 2.75) is 51.6 Å². The SMILES string of the molecule is CCN(CC)C(=O)c1ccc2c(c1)Oc1c(cccc1-c1ccoc1)C2=C1CC2CCC(C1)N2. The van der Waals surface area contributed by atoms with Crippen molar-refractivity contribution in [2.24, 2.45) is 0 Å². The number of hydrogen-bond acceptors (Lipinski definition) is 4. The van der Waals surface area contributed by atoms with Crippen LogP contribution in [-0.4, -0.2) is 36.0 Å². The fourth-order valence-electron chi connectivity index (χ4n) is 5.87. The van der Waals surface area contributed by atoms with Crippen LogP contribution in [0.5, 0.6) is 11.5 Å². The van der Waals surface area contributed by atoms with Crippen LogP contribution in [0.4, 0.5) is 0 Å². The van der Waals surface area contributed by atoms with Gasteiger partial charge in [0.1, 0.15) is 11.5 Å². The lowest BCUT2D eigenvalue weighted by Gasteiger charge is -2.31. The standard InChI is InChI=1S/C29H30N2O3/c1-3-31(4-2)29(32)18-8-11-24-26(16-18)34-28-23(19-12-13-33-17-19)6-5-7-25(28)27(24)20-14-21-9-10-22(15-20)30-21/h5-8,11-13,16-17,21-22,30H,3-4,9-10,14-15H2,1-2H3. The number of furan rings is 1. The van der Waals surface area contributed by atoms with Crippen molar-refractivity contribution in [1.82, 2.24) is 10.2 Å². The fraction of sp³-hybridized carbons (Fsp3) is 0.345. The highest BCUT2D eigenvalue weighted by Gasteiger charge is 2.35. The van der Waals surface area contributed by atoms with Crippen molar-refractivity contribution >= 4 is 11.5 Å². The van der Waals surface area contributed by atoms with E-state index in [0.717, 1.165) is 46.6 Å². The number of hydrogen-bond donors (Lipinski definition) is 1. The molecule has 2 fully saturated rings. The molecule has 34 heavy (non-hydrogen) atoms. The average Bonchev–Trinajstić information content (AvgIpc) is 3.52. The topological polar surface area (TPSA) is 54.7 Å². The Hall–Kier alpha value is -3.31. The first-order valence-electron chi connectivity index (χ1n) is 12.4. The lowest BCUT2D eigenvalue weighted by molar-refractivity contribution is 0.0772. The third kappa shape index (κ3) is 3.46. The molecular formula is C29H30N2O3. The van der Waals surface area contributed by atoms with E-state index in [1.807, 2.05) is 36.9 Å². The number of nitrogens with zero attached hydrogens (tertiary/aromatic N) is 1. The van der Waals surface area contributed by atoms with Crippen LogP contribution in [0.15, 0.2) is 65.0 Å². The van der Waals surface area contributed by atoms with Gasteiger partial charge in [-0.3, -0.25) is 4.79 Å². The molecule has 5 heteroatoms. The van der Waals surface area contributed by atoms with Crippen molar-refractivity contribution in [3.63, 3.8) is 0 Å². The predicted octanol–water partition coefficient (Wildman–Crippen LogP) is 6.25. The number of ether oxygens (including phenoxy) is 1. The maximum absolute atomic E-state index is 13.1. The number of benzene rings is 2. The van der Waals surface area contributed by atoms with Gasteiger partial charge in [0.05, 0.1) is 12.5 Å². The molecule has 6 rings (SSSR count). The van der Waals surface area contributed by atoms with Crippen LogP contribution >= 0.6 is 0 Å². The quantitative estimate of drug-likeness (QED) is 0.396. The Morgan fingerprint density at radius 3 is 2.47 bits per heavy atom. The monoisotopic (exact) mass is 454 g/mol. The van der Waals surface area contributed by atoms with Crippen LogP contribution in [0.1, 0.15) is 61.0 Å². The molecule has 3 aromatic rings. The van der Waals surface area contributed by atoms with Crippen LogP contribution in [0.2, 0.25) is 0 Å². The zero-order valence-corrected chi connectivity index (χ0v) is 19.8. The Labute approximate surface area is 200 Å². The van der Waals surface area contributed by atoms with E-state index in [1.54, 1.807) is 12.5 Å². The number of piperidine rings is 1. The van der Waals surface area contributed by atoms with Crippen molar-refractivity contribution < 1.29 is 13.9 Å². The van der Waals surface area contributed by atoms with E-state index in [4.69, 9.17) is 9.15 Å². The first kappa shape index (κ1) is 21.2. The van der Waals surface area contributed by atoms with E-state index in [-0.39, 0.29) is 5.91 Å². The van der Waals surface area contributed by atoms with Crippen LogP contribution in [-0.2, 0) is 0 Å². The van der Waals surface area contributed by atoms with E-state index in [2.05, 4.69) is 29.6 Å². The van der Waals surface area contributed by atoms with Gasteiger partial charge in [0, 0.05) is 53.0 Å². The second-order valence-electron chi connectivity index (χ2n) is 9.51.